The highest BCUT2D eigenvalue weighted by Crippen LogP contribution is 2.32. The maximum atomic E-state index is 13.0. The Morgan fingerprint density at radius 3 is 2.45 bits per heavy atom. The number of ether oxygens (including phenoxy) is 1. The highest BCUT2D eigenvalue weighted by Gasteiger charge is 2.24. The van der Waals surface area contributed by atoms with E-state index in [9.17, 15) is 4.79 Å². The molecule has 2 aromatic carbocycles. The number of hydrogen-bond donors (Lipinski definition) is 0. The topological polar surface area (TPSA) is 58.6 Å². The molecule has 156 valence electrons. The molecule has 5 rings (SSSR count). The van der Waals surface area contributed by atoms with Crippen molar-refractivity contribution in [2.24, 2.45) is 0 Å². The van der Waals surface area contributed by atoms with Crippen molar-refractivity contribution in [3.63, 3.8) is 0 Å². The summed E-state index contributed by atoms with van der Waals surface area (Å²) >= 11 is 3.27. The number of aromatic nitrogens is 2. The van der Waals surface area contributed by atoms with Gasteiger partial charge in [-0.2, -0.15) is 0 Å². The molecule has 1 aliphatic rings. The lowest BCUT2D eigenvalue weighted by Crippen LogP contribution is -2.48. The van der Waals surface area contributed by atoms with Crippen LogP contribution in [0.5, 0.6) is 11.5 Å². The zero-order valence-corrected chi connectivity index (χ0v) is 18.3. The molecule has 2 aromatic heterocycles. The van der Waals surface area contributed by atoms with E-state index in [2.05, 4.69) is 21.2 Å². The number of rotatable bonds is 5. The molecule has 0 saturated carbocycles. The second-order valence-electron chi connectivity index (χ2n) is 7.09. The average Bonchev–Trinajstić information content (AvgIpc) is 3.52. The summed E-state index contributed by atoms with van der Waals surface area (Å²) in [7, 11) is 0. The van der Waals surface area contributed by atoms with Gasteiger partial charge in [-0.25, -0.2) is 0 Å². The van der Waals surface area contributed by atoms with Gasteiger partial charge in [0.15, 0.2) is 5.01 Å². The lowest BCUT2D eigenvalue weighted by molar-refractivity contribution is 0.0746. The molecule has 0 radical (unpaired) electrons. The Bertz CT molecular complexity index is 1150. The van der Waals surface area contributed by atoms with Crippen LogP contribution in [0.25, 0.3) is 9.88 Å². The van der Waals surface area contributed by atoms with Gasteiger partial charge in [-0.05, 0) is 41.8 Å². The van der Waals surface area contributed by atoms with Crippen LogP contribution in [-0.2, 0) is 0 Å². The van der Waals surface area contributed by atoms with Crippen molar-refractivity contribution in [2.75, 3.05) is 31.1 Å². The minimum Gasteiger partial charge on any atom is -0.457 e. The number of hydrogen-bond acceptors (Lipinski definition) is 7. The van der Waals surface area contributed by atoms with E-state index in [1.807, 2.05) is 64.9 Å². The predicted octanol–water partition coefficient (Wildman–Crippen LogP) is 5.02. The number of piperazine rings is 1. The molecule has 0 aliphatic carbocycles. The molecule has 6 nitrogen and oxygen atoms in total. The fraction of sp³-hybridized carbons (Fsp3) is 0.174. The van der Waals surface area contributed by atoms with Crippen molar-refractivity contribution >= 4 is 33.7 Å². The average molecular weight is 449 g/mol. The van der Waals surface area contributed by atoms with Gasteiger partial charge in [-0.3, -0.25) is 4.79 Å². The Hall–Kier alpha value is -3.23. The third kappa shape index (κ3) is 4.45. The van der Waals surface area contributed by atoms with Crippen LogP contribution in [0.2, 0.25) is 0 Å². The summed E-state index contributed by atoms with van der Waals surface area (Å²) in [6.45, 7) is 2.78. The van der Waals surface area contributed by atoms with Gasteiger partial charge in [0.25, 0.3) is 5.91 Å². The van der Waals surface area contributed by atoms with Crippen LogP contribution in [0.3, 0.4) is 0 Å². The Labute approximate surface area is 188 Å². The molecular formula is C23H20N4O2S2. The summed E-state index contributed by atoms with van der Waals surface area (Å²) in [6, 6.07) is 21.0. The van der Waals surface area contributed by atoms with Crippen LogP contribution in [-0.4, -0.2) is 47.2 Å². The first-order chi connectivity index (χ1) is 15.3. The van der Waals surface area contributed by atoms with E-state index >= 15 is 0 Å². The Morgan fingerprint density at radius 1 is 0.871 bits per heavy atom. The molecule has 31 heavy (non-hydrogen) atoms. The van der Waals surface area contributed by atoms with Gasteiger partial charge in [-0.15, -0.1) is 21.5 Å². The molecule has 1 aliphatic heterocycles. The number of carbonyl (C=O) groups is 1. The molecule has 0 bridgehead atoms. The van der Waals surface area contributed by atoms with E-state index in [0.717, 1.165) is 33.9 Å². The molecule has 1 saturated heterocycles. The zero-order valence-electron chi connectivity index (χ0n) is 16.7. The zero-order chi connectivity index (χ0) is 21.0. The normalized spacial score (nSPS) is 13.9. The van der Waals surface area contributed by atoms with Crippen LogP contribution in [0.15, 0.2) is 72.1 Å². The molecule has 0 spiro atoms. The van der Waals surface area contributed by atoms with E-state index in [4.69, 9.17) is 4.74 Å². The summed E-state index contributed by atoms with van der Waals surface area (Å²) in [4.78, 5) is 18.3. The first-order valence-corrected chi connectivity index (χ1v) is 11.7. The molecular weight excluding hydrogens is 428 g/mol. The SMILES string of the molecule is O=C(c1cccc(Oc2ccccc2)c1)N1CCN(c2nnc(-c3cccs3)s2)CC1. The van der Waals surface area contributed by atoms with Crippen LogP contribution in [0.1, 0.15) is 10.4 Å². The Balaban J connectivity index is 1.22. The second-order valence-corrected chi connectivity index (χ2v) is 8.99. The highest BCUT2D eigenvalue weighted by molar-refractivity contribution is 7.22. The van der Waals surface area contributed by atoms with Gasteiger partial charge in [-0.1, -0.05) is 41.7 Å². The lowest BCUT2D eigenvalue weighted by atomic mass is 10.1. The van der Waals surface area contributed by atoms with Gasteiger partial charge >= 0.3 is 0 Å². The first-order valence-electron chi connectivity index (χ1n) is 10.0. The fourth-order valence-corrected chi connectivity index (χ4v) is 5.13. The molecule has 1 amide bonds. The standard InChI is InChI=1S/C23H20N4O2S2/c28-22(17-6-4-9-19(16-17)29-18-7-2-1-3-8-18)26-11-13-27(14-12-26)23-25-24-21(31-23)20-10-5-15-30-20/h1-10,15-16H,11-14H2. The van der Waals surface area contributed by atoms with Crippen molar-refractivity contribution in [3.8, 4) is 21.4 Å². The van der Waals surface area contributed by atoms with E-state index in [-0.39, 0.29) is 5.91 Å². The second kappa shape index (κ2) is 8.87. The summed E-state index contributed by atoms with van der Waals surface area (Å²) in [5.41, 5.74) is 0.637. The largest absolute Gasteiger partial charge is 0.457 e. The first kappa shape index (κ1) is 19.7. The Kier molecular flexibility index (Phi) is 5.64. The van der Waals surface area contributed by atoms with Crippen LogP contribution in [0.4, 0.5) is 5.13 Å². The summed E-state index contributed by atoms with van der Waals surface area (Å²) in [6.07, 6.45) is 0. The molecule has 1 fully saturated rings. The number of carbonyl (C=O) groups excluding carboxylic acids is 1. The maximum Gasteiger partial charge on any atom is 0.254 e. The number of para-hydroxylation sites is 1. The minimum atomic E-state index is 0.0229. The molecule has 3 heterocycles. The van der Waals surface area contributed by atoms with E-state index < -0.39 is 0 Å². The van der Waals surface area contributed by atoms with Gasteiger partial charge in [0.1, 0.15) is 11.5 Å². The van der Waals surface area contributed by atoms with Crippen molar-refractivity contribution in [1.29, 1.82) is 0 Å². The van der Waals surface area contributed by atoms with Crippen LogP contribution >= 0.6 is 22.7 Å². The monoisotopic (exact) mass is 448 g/mol. The van der Waals surface area contributed by atoms with Crippen molar-refractivity contribution < 1.29 is 9.53 Å². The lowest BCUT2D eigenvalue weighted by Gasteiger charge is -2.34. The smallest absolute Gasteiger partial charge is 0.254 e. The molecule has 0 unspecified atom stereocenters. The molecule has 0 N–H and O–H groups in total. The van der Waals surface area contributed by atoms with Gasteiger partial charge in [0, 0.05) is 31.7 Å². The van der Waals surface area contributed by atoms with Crippen molar-refractivity contribution in [2.45, 2.75) is 0 Å². The summed E-state index contributed by atoms with van der Waals surface area (Å²) < 4.78 is 5.87. The van der Waals surface area contributed by atoms with Crippen LogP contribution < -0.4 is 9.64 Å². The van der Waals surface area contributed by atoms with Crippen molar-refractivity contribution in [1.82, 2.24) is 15.1 Å². The third-order valence-electron chi connectivity index (χ3n) is 5.04. The predicted molar refractivity (Wildman–Crippen MR) is 124 cm³/mol. The number of benzene rings is 2. The third-order valence-corrected chi connectivity index (χ3v) is 7.07. The number of thiophene rings is 1. The minimum absolute atomic E-state index is 0.0229. The van der Waals surface area contributed by atoms with Crippen molar-refractivity contribution in [3.05, 3.63) is 77.7 Å². The van der Waals surface area contributed by atoms with Gasteiger partial charge in [0.2, 0.25) is 5.13 Å². The Morgan fingerprint density at radius 2 is 1.68 bits per heavy atom. The quantitative estimate of drug-likeness (QED) is 0.429. The molecule has 4 aromatic rings. The van der Waals surface area contributed by atoms with Gasteiger partial charge in [0.05, 0.1) is 4.88 Å². The summed E-state index contributed by atoms with van der Waals surface area (Å²) in [5.74, 6) is 1.43. The highest BCUT2D eigenvalue weighted by atomic mass is 32.1. The number of nitrogens with zero attached hydrogens (tertiary/aromatic N) is 4. The number of amides is 1. The fourth-order valence-electron chi connectivity index (χ4n) is 3.44. The summed E-state index contributed by atoms with van der Waals surface area (Å²) in [5, 5.41) is 12.6. The molecule has 8 heteroatoms. The van der Waals surface area contributed by atoms with E-state index in [1.165, 1.54) is 0 Å². The van der Waals surface area contributed by atoms with E-state index in [1.54, 1.807) is 28.7 Å². The van der Waals surface area contributed by atoms with E-state index in [0.29, 0.717) is 24.4 Å². The molecule has 0 atom stereocenters. The van der Waals surface area contributed by atoms with Gasteiger partial charge < -0.3 is 14.5 Å². The maximum absolute atomic E-state index is 13.0. The van der Waals surface area contributed by atoms with Crippen LogP contribution in [0, 0.1) is 0 Å². The number of anilines is 1.